The summed E-state index contributed by atoms with van der Waals surface area (Å²) in [7, 11) is 0. The lowest BCUT2D eigenvalue weighted by atomic mass is 10.1. The Labute approximate surface area is 188 Å². The van der Waals surface area contributed by atoms with Crippen molar-refractivity contribution in [1.29, 1.82) is 0 Å². The first-order valence-electron chi connectivity index (χ1n) is 12.1. The summed E-state index contributed by atoms with van der Waals surface area (Å²) in [5.74, 6) is 0.326. The van der Waals surface area contributed by atoms with Crippen molar-refractivity contribution >= 4 is 17.5 Å². The number of piperazine rings is 1. The molecular weight excluding hydrogens is 388 g/mol. The Morgan fingerprint density at radius 3 is 2.19 bits per heavy atom. The van der Waals surface area contributed by atoms with Gasteiger partial charge in [0.1, 0.15) is 0 Å². The van der Waals surface area contributed by atoms with Crippen LogP contribution in [0.3, 0.4) is 0 Å². The molecule has 6 heteroatoms. The number of fused-ring (bicyclic) bond motifs is 1. The van der Waals surface area contributed by atoms with E-state index in [2.05, 4.69) is 29.7 Å². The molecule has 0 atom stereocenters. The second kappa shape index (κ2) is 11.6. The van der Waals surface area contributed by atoms with E-state index in [-0.39, 0.29) is 11.8 Å². The Kier molecular flexibility index (Phi) is 8.90. The van der Waals surface area contributed by atoms with Crippen molar-refractivity contribution in [3.8, 4) is 0 Å². The minimum Gasteiger partial charge on any atom is -0.339 e. The number of hydrogen-bond acceptors (Lipinski definition) is 4. The highest BCUT2D eigenvalue weighted by atomic mass is 16.2. The molecule has 0 unspecified atom stereocenters. The Bertz CT molecular complexity index is 728. The predicted molar refractivity (Wildman–Crippen MR) is 126 cm³/mol. The standard InChI is InChI=1S/C25H40N4O2/c1-21(2)27-15-17-28(18-16-27)25(31)20-26-13-9-5-4-6-10-14-29(22(3)30)24-12-8-7-11-23(24)19-26/h7-8,11-12,21H,4-6,9-10,13-20H2,1-3H3. The topological polar surface area (TPSA) is 47.1 Å². The summed E-state index contributed by atoms with van der Waals surface area (Å²) in [6.45, 7) is 12.5. The first-order chi connectivity index (χ1) is 15.0. The predicted octanol–water partition coefficient (Wildman–Crippen LogP) is 3.36. The molecule has 0 aromatic heterocycles. The number of para-hydroxylation sites is 1. The van der Waals surface area contributed by atoms with Crippen LogP contribution in [0.5, 0.6) is 0 Å². The van der Waals surface area contributed by atoms with Crippen molar-refractivity contribution in [1.82, 2.24) is 14.7 Å². The van der Waals surface area contributed by atoms with E-state index in [1.165, 1.54) is 12.8 Å². The third kappa shape index (κ3) is 6.78. The molecule has 6 nitrogen and oxygen atoms in total. The largest absolute Gasteiger partial charge is 0.339 e. The fraction of sp³-hybridized carbons (Fsp3) is 0.680. The highest BCUT2D eigenvalue weighted by molar-refractivity contribution is 5.92. The van der Waals surface area contributed by atoms with E-state index in [0.717, 1.165) is 69.8 Å². The van der Waals surface area contributed by atoms with Crippen molar-refractivity contribution in [2.24, 2.45) is 0 Å². The summed E-state index contributed by atoms with van der Waals surface area (Å²) in [4.78, 5) is 34.1. The van der Waals surface area contributed by atoms with Gasteiger partial charge in [0.15, 0.2) is 0 Å². The number of carbonyl (C=O) groups excluding carboxylic acids is 2. The van der Waals surface area contributed by atoms with Gasteiger partial charge in [-0.3, -0.25) is 19.4 Å². The van der Waals surface area contributed by atoms with Crippen LogP contribution < -0.4 is 4.90 Å². The van der Waals surface area contributed by atoms with Crippen molar-refractivity contribution in [2.45, 2.75) is 65.5 Å². The highest BCUT2D eigenvalue weighted by Gasteiger charge is 2.25. The third-order valence-electron chi connectivity index (χ3n) is 6.67. The van der Waals surface area contributed by atoms with Gasteiger partial charge in [-0.05, 0) is 44.9 Å². The number of carbonyl (C=O) groups is 2. The van der Waals surface area contributed by atoms with Gasteiger partial charge in [0, 0.05) is 57.9 Å². The van der Waals surface area contributed by atoms with Crippen LogP contribution in [0.4, 0.5) is 5.69 Å². The first-order valence-corrected chi connectivity index (χ1v) is 12.1. The van der Waals surface area contributed by atoms with E-state index >= 15 is 0 Å². The molecule has 1 aromatic carbocycles. The molecule has 3 rings (SSSR count). The Hall–Kier alpha value is -1.92. The van der Waals surface area contributed by atoms with Gasteiger partial charge in [0.05, 0.1) is 6.54 Å². The Balaban J connectivity index is 1.71. The van der Waals surface area contributed by atoms with Crippen LogP contribution in [-0.2, 0) is 16.1 Å². The van der Waals surface area contributed by atoms with Crippen LogP contribution >= 0.6 is 0 Å². The van der Waals surface area contributed by atoms with Gasteiger partial charge in [-0.15, -0.1) is 0 Å². The molecule has 2 aliphatic rings. The minimum atomic E-state index is 0.0927. The van der Waals surface area contributed by atoms with Crippen LogP contribution in [0.2, 0.25) is 0 Å². The Morgan fingerprint density at radius 2 is 1.52 bits per heavy atom. The summed E-state index contributed by atoms with van der Waals surface area (Å²) in [6, 6.07) is 8.73. The minimum absolute atomic E-state index is 0.0927. The number of rotatable bonds is 3. The zero-order chi connectivity index (χ0) is 22.2. The molecule has 2 aliphatic heterocycles. The van der Waals surface area contributed by atoms with Crippen molar-refractivity contribution in [3.05, 3.63) is 29.8 Å². The van der Waals surface area contributed by atoms with Crippen LogP contribution in [0.25, 0.3) is 0 Å². The van der Waals surface area contributed by atoms with E-state index in [0.29, 0.717) is 19.1 Å². The maximum atomic E-state index is 13.1. The van der Waals surface area contributed by atoms with Crippen molar-refractivity contribution < 1.29 is 9.59 Å². The number of anilines is 1. The molecule has 1 aromatic rings. The lowest BCUT2D eigenvalue weighted by molar-refractivity contribution is -0.134. The van der Waals surface area contributed by atoms with E-state index in [1.54, 1.807) is 6.92 Å². The molecule has 0 radical (unpaired) electrons. The number of amides is 2. The summed E-state index contributed by atoms with van der Waals surface area (Å²) in [6.07, 6.45) is 5.67. The lowest BCUT2D eigenvalue weighted by Gasteiger charge is -2.38. The monoisotopic (exact) mass is 428 g/mol. The van der Waals surface area contributed by atoms with Gasteiger partial charge in [0.25, 0.3) is 0 Å². The molecule has 2 heterocycles. The summed E-state index contributed by atoms with van der Waals surface area (Å²) in [5.41, 5.74) is 2.13. The van der Waals surface area contributed by atoms with Gasteiger partial charge < -0.3 is 9.80 Å². The highest BCUT2D eigenvalue weighted by Crippen LogP contribution is 2.24. The van der Waals surface area contributed by atoms with Gasteiger partial charge in [-0.25, -0.2) is 0 Å². The molecule has 0 bridgehead atoms. The van der Waals surface area contributed by atoms with Gasteiger partial charge >= 0.3 is 0 Å². The van der Waals surface area contributed by atoms with E-state index in [9.17, 15) is 9.59 Å². The van der Waals surface area contributed by atoms with Crippen molar-refractivity contribution in [3.63, 3.8) is 0 Å². The zero-order valence-corrected chi connectivity index (χ0v) is 19.7. The van der Waals surface area contributed by atoms with E-state index in [4.69, 9.17) is 0 Å². The maximum Gasteiger partial charge on any atom is 0.236 e. The molecular formula is C25H40N4O2. The number of hydrogen-bond donors (Lipinski definition) is 0. The van der Waals surface area contributed by atoms with Gasteiger partial charge in [-0.1, -0.05) is 37.5 Å². The summed E-state index contributed by atoms with van der Waals surface area (Å²) >= 11 is 0. The molecule has 0 saturated carbocycles. The molecule has 1 saturated heterocycles. The Morgan fingerprint density at radius 1 is 0.871 bits per heavy atom. The average molecular weight is 429 g/mol. The quantitative estimate of drug-likeness (QED) is 0.741. The molecule has 31 heavy (non-hydrogen) atoms. The molecule has 0 aliphatic carbocycles. The van der Waals surface area contributed by atoms with Crippen LogP contribution in [-0.4, -0.2) is 78.4 Å². The zero-order valence-electron chi connectivity index (χ0n) is 19.7. The summed E-state index contributed by atoms with van der Waals surface area (Å²) in [5, 5.41) is 0. The number of nitrogens with zero attached hydrogens (tertiary/aromatic N) is 4. The fourth-order valence-corrected chi connectivity index (χ4v) is 4.72. The average Bonchev–Trinajstić information content (AvgIpc) is 2.75. The SMILES string of the molecule is CC(=O)N1CCCCCCCN(CC(=O)N2CCN(C(C)C)CC2)Cc2ccccc21. The molecule has 172 valence electrons. The van der Waals surface area contributed by atoms with Gasteiger partial charge in [-0.2, -0.15) is 0 Å². The second-order valence-corrected chi connectivity index (χ2v) is 9.29. The van der Waals surface area contributed by atoms with E-state index < -0.39 is 0 Å². The van der Waals surface area contributed by atoms with Crippen LogP contribution in [0, 0.1) is 0 Å². The molecule has 0 spiro atoms. The third-order valence-corrected chi connectivity index (χ3v) is 6.67. The smallest absolute Gasteiger partial charge is 0.236 e. The lowest BCUT2D eigenvalue weighted by Crippen LogP contribution is -2.52. The van der Waals surface area contributed by atoms with E-state index in [1.807, 2.05) is 28.0 Å². The van der Waals surface area contributed by atoms with Gasteiger partial charge in [0.2, 0.25) is 11.8 Å². The number of benzene rings is 1. The summed E-state index contributed by atoms with van der Waals surface area (Å²) < 4.78 is 0. The van der Waals surface area contributed by atoms with Crippen molar-refractivity contribution in [2.75, 3.05) is 50.7 Å². The molecule has 2 amide bonds. The molecule has 0 N–H and O–H groups in total. The molecule has 1 fully saturated rings. The fourth-order valence-electron chi connectivity index (χ4n) is 4.72. The normalized spacial score (nSPS) is 20.1. The maximum absolute atomic E-state index is 13.1. The van der Waals surface area contributed by atoms with Crippen LogP contribution in [0.15, 0.2) is 24.3 Å². The second-order valence-electron chi connectivity index (χ2n) is 9.29. The van der Waals surface area contributed by atoms with Crippen LogP contribution in [0.1, 0.15) is 58.4 Å². The first kappa shape index (κ1) is 23.7.